The molecule has 0 aliphatic carbocycles. The number of anilines is 1. The van der Waals surface area contributed by atoms with Gasteiger partial charge in [-0.25, -0.2) is 0 Å². The van der Waals surface area contributed by atoms with E-state index in [2.05, 4.69) is 5.32 Å². The first-order chi connectivity index (χ1) is 8.71. The topological polar surface area (TPSA) is 92.5 Å². The Morgan fingerprint density at radius 1 is 1.42 bits per heavy atom. The van der Waals surface area contributed by atoms with Gasteiger partial charge in [0.15, 0.2) is 0 Å². The highest BCUT2D eigenvalue weighted by molar-refractivity contribution is 5.69. The summed E-state index contributed by atoms with van der Waals surface area (Å²) in [6, 6.07) is 5.83. The molecule has 0 aliphatic rings. The Labute approximate surface area is 111 Å². The molecule has 2 N–H and O–H groups in total. The number of benzene rings is 1. The Balaban J connectivity index is 3.03. The Morgan fingerprint density at radius 3 is 2.47 bits per heavy atom. The van der Waals surface area contributed by atoms with Crippen LogP contribution in [0, 0.1) is 15.5 Å². The summed E-state index contributed by atoms with van der Waals surface area (Å²) in [6.07, 6.45) is -0.102. The maximum atomic E-state index is 10.9. The summed E-state index contributed by atoms with van der Waals surface area (Å²) >= 11 is 0. The van der Waals surface area contributed by atoms with Crippen molar-refractivity contribution in [2.45, 2.75) is 33.2 Å². The second-order valence-electron chi connectivity index (χ2n) is 5.44. The van der Waals surface area contributed by atoms with Gasteiger partial charge in [-0.1, -0.05) is 32.9 Å². The van der Waals surface area contributed by atoms with Crippen molar-refractivity contribution in [2.75, 3.05) is 5.32 Å². The molecular weight excluding hydrogens is 248 g/mol. The van der Waals surface area contributed by atoms with Crippen molar-refractivity contribution < 1.29 is 14.8 Å². The van der Waals surface area contributed by atoms with Crippen LogP contribution in [-0.2, 0) is 4.79 Å². The summed E-state index contributed by atoms with van der Waals surface area (Å²) in [7, 11) is 0. The van der Waals surface area contributed by atoms with E-state index < -0.39 is 16.9 Å². The van der Waals surface area contributed by atoms with Crippen LogP contribution in [0.3, 0.4) is 0 Å². The van der Waals surface area contributed by atoms with Gasteiger partial charge in [0.2, 0.25) is 0 Å². The lowest BCUT2D eigenvalue weighted by atomic mass is 9.84. The quantitative estimate of drug-likeness (QED) is 0.631. The smallest absolute Gasteiger partial charge is 0.305 e. The number of para-hydroxylation sites is 2. The highest BCUT2D eigenvalue weighted by Gasteiger charge is 2.28. The minimum atomic E-state index is -0.939. The summed E-state index contributed by atoms with van der Waals surface area (Å²) in [5.41, 5.74) is -0.0435. The van der Waals surface area contributed by atoms with Crippen molar-refractivity contribution in [3.63, 3.8) is 0 Å². The highest BCUT2D eigenvalue weighted by Crippen LogP contribution is 2.30. The first-order valence-corrected chi connectivity index (χ1v) is 5.93. The first-order valence-electron chi connectivity index (χ1n) is 5.93. The van der Waals surface area contributed by atoms with E-state index in [0.29, 0.717) is 5.69 Å². The molecule has 1 aromatic carbocycles. The highest BCUT2D eigenvalue weighted by atomic mass is 16.6. The standard InChI is InChI=1S/C13H18N2O4/c1-13(2,3)11(8-12(16)17)14-9-6-4-5-7-10(9)15(18)19/h4-7,11,14H,8H2,1-3H3,(H,16,17)/t11-/m0/s1. The van der Waals surface area contributed by atoms with Crippen molar-refractivity contribution in [3.05, 3.63) is 34.4 Å². The zero-order valence-corrected chi connectivity index (χ0v) is 11.2. The number of aliphatic carboxylic acids is 1. The fraction of sp³-hybridized carbons (Fsp3) is 0.462. The van der Waals surface area contributed by atoms with Gasteiger partial charge in [-0.15, -0.1) is 0 Å². The summed E-state index contributed by atoms with van der Waals surface area (Å²) in [6.45, 7) is 5.67. The van der Waals surface area contributed by atoms with E-state index >= 15 is 0 Å². The van der Waals surface area contributed by atoms with Crippen molar-refractivity contribution in [2.24, 2.45) is 5.41 Å². The van der Waals surface area contributed by atoms with E-state index in [4.69, 9.17) is 5.11 Å². The molecule has 6 nitrogen and oxygen atoms in total. The number of nitrogens with zero attached hydrogens (tertiary/aromatic N) is 1. The average Bonchev–Trinajstić information content (AvgIpc) is 2.26. The van der Waals surface area contributed by atoms with E-state index in [1.165, 1.54) is 6.07 Å². The van der Waals surface area contributed by atoms with E-state index in [0.717, 1.165) is 0 Å². The Bertz CT molecular complexity index is 480. The number of carbonyl (C=O) groups is 1. The van der Waals surface area contributed by atoms with Crippen molar-refractivity contribution in [3.8, 4) is 0 Å². The van der Waals surface area contributed by atoms with Gasteiger partial charge in [-0.05, 0) is 11.5 Å². The molecule has 1 rings (SSSR count). The van der Waals surface area contributed by atoms with E-state index in [1.54, 1.807) is 18.2 Å². The van der Waals surface area contributed by atoms with Crippen LogP contribution >= 0.6 is 0 Å². The molecule has 0 fully saturated rings. The third-order valence-electron chi connectivity index (χ3n) is 2.85. The van der Waals surface area contributed by atoms with Crippen LogP contribution in [0.2, 0.25) is 0 Å². The largest absolute Gasteiger partial charge is 0.481 e. The normalized spacial score (nSPS) is 12.8. The SMILES string of the molecule is CC(C)(C)[C@H](CC(=O)O)Nc1ccccc1[N+](=O)[O-]. The van der Waals surface area contributed by atoms with Crippen LogP contribution in [0.4, 0.5) is 11.4 Å². The monoisotopic (exact) mass is 266 g/mol. The van der Waals surface area contributed by atoms with Gasteiger partial charge < -0.3 is 10.4 Å². The fourth-order valence-corrected chi connectivity index (χ4v) is 1.69. The number of carboxylic acids is 1. The molecule has 19 heavy (non-hydrogen) atoms. The van der Waals surface area contributed by atoms with Crippen molar-refractivity contribution in [1.82, 2.24) is 0 Å². The van der Waals surface area contributed by atoms with Crippen LogP contribution in [0.25, 0.3) is 0 Å². The molecule has 0 saturated heterocycles. The number of rotatable bonds is 5. The minimum absolute atomic E-state index is 0.0536. The molecule has 0 heterocycles. The molecule has 0 aromatic heterocycles. The summed E-state index contributed by atoms with van der Waals surface area (Å²) in [5.74, 6) is -0.939. The van der Waals surface area contributed by atoms with E-state index in [-0.39, 0.29) is 17.5 Å². The summed E-state index contributed by atoms with van der Waals surface area (Å²) < 4.78 is 0. The van der Waals surface area contributed by atoms with Gasteiger partial charge in [0.05, 0.1) is 11.3 Å². The minimum Gasteiger partial charge on any atom is -0.481 e. The van der Waals surface area contributed by atoms with Crippen molar-refractivity contribution in [1.29, 1.82) is 0 Å². The number of hydrogen-bond acceptors (Lipinski definition) is 4. The molecule has 0 aliphatic heterocycles. The Hall–Kier alpha value is -2.11. The molecule has 0 spiro atoms. The molecule has 1 aromatic rings. The van der Waals surface area contributed by atoms with Crippen LogP contribution in [0.1, 0.15) is 27.2 Å². The second-order valence-corrected chi connectivity index (χ2v) is 5.44. The molecule has 6 heteroatoms. The predicted molar refractivity (Wildman–Crippen MR) is 72.2 cm³/mol. The van der Waals surface area contributed by atoms with Crippen molar-refractivity contribution >= 4 is 17.3 Å². The van der Waals surface area contributed by atoms with Gasteiger partial charge in [-0.3, -0.25) is 14.9 Å². The van der Waals surface area contributed by atoms with Crippen LogP contribution in [0.15, 0.2) is 24.3 Å². The number of carboxylic acid groups (broad SMARTS) is 1. The summed E-state index contributed by atoms with van der Waals surface area (Å²) in [4.78, 5) is 21.3. The lowest BCUT2D eigenvalue weighted by molar-refractivity contribution is -0.384. The maximum absolute atomic E-state index is 10.9. The number of nitrogens with one attached hydrogen (secondary N) is 1. The predicted octanol–water partition coefficient (Wildman–Crippen LogP) is 2.90. The maximum Gasteiger partial charge on any atom is 0.305 e. The number of nitro benzene ring substituents is 1. The second kappa shape index (κ2) is 5.69. The fourth-order valence-electron chi connectivity index (χ4n) is 1.69. The van der Waals surface area contributed by atoms with Gasteiger partial charge in [-0.2, -0.15) is 0 Å². The van der Waals surface area contributed by atoms with Crippen LogP contribution in [0.5, 0.6) is 0 Å². The first kappa shape index (κ1) is 14.9. The molecule has 0 bridgehead atoms. The Morgan fingerprint density at radius 2 is 2.00 bits per heavy atom. The zero-order valence-electron chi connectivity index (χ0n) is 11.2. The van der Waals surface area contributed by atoms with Crippen LogP contribution < -0.4 is 5.32 Å². The van der Waals surface area contributed by atoms with E-state index in [9.17, 15) is 14.9 Å². The third-order valence-corrected chi connectivity index (χ3v) is 2.85. The molecule has 1 atom stereocenters. The van der Waals surface area contributed by atoms with Gasteiger partial charge in [0, 0.05) is 12.1 Å². The van der Waals surface area contributed by atoms with Crippen LogP contribution in [-0.4, -0.2) is 22.0 Å². The zero-order chi connectivity index (χ0) is 14.6. The molecule has 0 saturated carbocycles. The lowest BCUT2D eigenvalue weighted by Crippen LogP contribution is -2.36. The average molecular weight is 266 g/mol. The molecular formula is C13H18N2O4. The number of hydrogen-bond donors (Lipinski definition) is 2. The van der Waals surface area contributed by atoms with Gasteiger partial charge in [0.1, 0.15) is 5.69 Å². The van der Waals surface area contributed by atoms with Gasteiger partial charge in [0.25, 0.3) is 5.69 Å². The molecule has 104 valence electrons. The van der Waals surface area contributed by atoms with E-state index in [1.807, 2.05) is 20.8 Å². The Kier molecular flexibility index (Phi) is 4.47. The summed E-state index contributed by atoms with van der Waals surface area (Å²) in [5, 5.41) is 22.8. The third kappa shape index (κ3) is 4.24. The number of nitro groups is 1. The molecule has 0 radical (unpaired) electrons. The van der Waals surface area contributed by atoms with Gasteiger partial charge >= 0.3 is 5.97 Å². The molecule has 0 amide bonds. The lowest BCUT2D eigenvalue weighted by Gasteiger charge is -2.31. The molecule has 0 unspecified atom stereocenters.